The predicted octanol–water partition coefficient (Wildman–Crippen LogP) is 4.81. The van der Waals surface area contributed by atoms with Gasteiger partial charge in [-0.15, -0.1) is 0 Å². The molecule has 9 atom stereocenters. The third-order valence-corrected chi connectivity index (χ3v) is 11.4. The van der Waals surface area contributed by atoms with E-state index >= 15 is 0 Å². The standard InChI is InChI=1S/C34H41NO9/c1-4-7-30-43-28-17-24-23-12-11-21-16-22(36)14-15-32(21,2)31(23)26(37)18-33(24,3)34(28,44-30)27(38)19-42-29(39)13-10-20-8-5-6-9-25(20)35(40)41/h5-6,8-9,14-16,23-24,26,28,30-31,37H,4,7,10-13,17-19H2,1-3H3/t23-,24-,26-,28+,30?,31+,32-,33-,34+/m0/s1. The lowest BCUT2D eigenvalue weighted by Crippen LogP contribution is -2.63. The van der Waals surface area contributed by atoms with Gasteiger partial charge in [0.1, 0.15) is 0 Å². The zero-order valence-electron chi connectivity index (χ0n) is 25.5. The number of aryl methyl sites for hydroxylation is 1. The number of carbonyl (C=O) groups excluding carboxylic acids is 3. The van der Waals surface area contributed by atoms with E-state index in [1.54, 1.807) is 30.4 Å². The number of aliphatic hydroxyl groups excluding tert-OH is 1. The van der Waals surface area contributed by atoms with Crippen LogP contribution in [0.2, 0.25) is 0 Å². The maximum atomic E-state index is 14.3. The topological polar surface area (TPSA) is 142 Å². The number of para-hydroxylation sites is 1. The highest BCUT2D eigenvalue weighted by molar-refractivity contribution is 6.01. The Morgan fingerprint density at radius 2 is 2.00 bits per heavy atom. The summed E-state index contributed by atoms with van der Waals surface area (Å²) < 4.78 is 18.5. The molecule has 1 aromatic rings. The average Bonchev–Trinajstić information content (AvgIpc) is 3.47. The Hall–Kier alpha value is -3.21. The molecular weight excluding hydrogens is 566 g/mol. The van der Waals surface area contributed by atoms with Gasteiger partial charge in [0, 0.05) is 34.8 Å². The number of rotatable bonds is 9. The van der Waals surface area contributed by atoms with Crippen molar-refractivity contribution in [3.63, 3.8) is 0 Å². The van der Waals surface area contributed by atoms with Gasteiger partial charge in [0.2, 0.25) is 5.78 Å². The number of Topliss-reactive ketones (excluding diaryl/α,β-unsaturated/α-hetero) is 1. The van der Waals surface area contributed by atoms with Gasteiger partial charge in [-0.1, -0.05) is 57.0 Å². The normalized spacial score (nSPS) is 38.6. The second-order valence-corrected chi connectivity index (χ2v) is 13.6. The number of esters is 1. The number of ether oxygens (including phenoxy) is 3. The van der Waals surface area contributed by atoms with Crippen LogP contribution in [0, 0.1) is 38.7 Å². The Morgan fingerprint density at radius 3 is 2.75 bits per heavy atom. The second-order valence-electron chi connectivity index (χ2n) is 13.6. The second kappa shape index (κ2) is 11.3. The Balaban J connectivity index is 1.23. The largest absolute Gasteiger partial charge is 0.458 e. The Morgan fingerprint density at radius 1 is 1.23 bits per heavy atom. The lowest BCUT2D eigenvalue weighted by Gasteiger charge is -2.59. The van der Waals surface area contributed by atoms with Crippen molar-refractivity contribution in [1.82, 2.24) is 0 Å². The van der Waals surface area contributed by atoms with Crippen molar-refractivity contribution in [3.05, 3.63) is 63.7 Å². The van der Waals surface area contributed by atoms with E-state index in [0.29, 0.717) is 24.8 Å². The van der Waals surface area contributed by atoms with Crippen molar-refractivity contribution in [3.8, 4) is 0 Å². The quantitative estimate of drug-likeness (QED) is 0.238. The van der Waals surface area contributed by atoms with Gasteiger partial charge in [0.05, 0.1) is 17.1 Å². The molecule has 44 heavy (non-hydrogen) atoms. The fourth-order valence-electron chi connectivity index (χ4n) is 9.47. The maximum Gasteiger partial charge on any atom is 0.306 e. The summed E-state index contributed by atoms with van der Waals surface area (Å²) in [5.74, 6) is -1.03. The van der Waals surface area contributed by atoms with Gasteiger partial charge < -0.3 is 19.3 Å². The minimum absolute atomic E-state index is 0.0196. The zero-order chi connectivity index (χ0) is 31.4. The van der Waals surface area contributed by atoms with Crippen LogP contribution in [-0.4, -0.2) is 58.3 Å². The summed E-state index contributed by atoms with van der Waals surface area (Å²) in [5, 5.41) is 23.2. The Bertz CT molecular complexity index is 1440. The number of aliphatic hydroxyl groups is 1. The van der Waals surface area contributed by atoms with Gasteiger partial charge in [-0.2, -0.15) is 0 Å². The van der Waals surface area contributed by atoms with Crippen molar-refractivity contribution >= 4 is 23.2 Å². The molecule has 4 aliphatic carbocycles. The molecule has 0 amide bonds. The molecule has 0 aromatic heterocycles. The smallest absolute Gasteiger partial charge is 0.306 e. The Kier molecular flexibility index (Phi) is 7.91. The summed E-state index contributed by atoms with van der Waals surface area (Å²) in [6.07, 6.45) is 7.30. The van der Waals surface area contributed by atoms with Crippen molar-refractivity contribution in [2.45, 2.75) is 96.2 Å². The van der Waals surface area contributed by atoms with Crippen LogP contribution in [0.1, 0.15) is 71.3 Å². The highest BCUT2D eigenvalue weighted by Crippen LogP contribution is 2.69. The minimum Gasteiger partial charge on any atom is -0.458 e. The fourth-order valence-corrected chi connectivity index (χ4v) is 9.47. The zero-order valence-corrected chi connectivity index (χ0v) is 25.5. The number of nitrogens with zero attached hydrogens (tertiary/aromatic N) is 1. The van der Waals surface area contributed by atoms with Crippen molar-refractivity contribution in [2.75, 3.05) is 6.61 Å². The molecule has 3 saturated carbocycles. The first-order chi connectivity index (χ1) is 20.9. The lowest BCUT2D eigenvalue weighted by atomic mass is 9.46. The van der Waals surface area contributed by atoms with Gasteiger partial charge in [0.25, 0.3) is 5.69 Å². The molecule has 1 aromatic carbocycles. The highest BCUT2D eigenvalue weighted by Gasteiger charge is 2.75. The van der Waals surface area contributed by atoms with E-state index in [9.17, 15) is 29.6 Å². The van der Waals surface area contributed by atoms with Crippen molar-refractivity contribution in [2.24, 2.45) is 28.6 Å². The molecule has 0 spiro atoms. The van der Waals surface area contributed by atoms with Gasteiger partial charge in [-0.3, -0.25) is 24.5 Å². The lowest BCUT2D eigenvalue weighted by molar-refractivity contribution is -0.385. The SMILES string of the molecule is CCCC1O[C@@H]2C[C@H]3[C@@H]4CCC5=CC(=O)C=C[C@]5(C)[C@H]4[C@@H](O)C[C@]3(C)[C@]2(C(=O)COC(=O)CCc2ccccc2[N+](=O)[O-])O1. The maximum absolute atomic E-state index is 14.3. The van der Waals surface area contributed by atoms with Crippen LogP contribution in [0.4, 0.5) is 5.69 Å². The number of nitro groups is 1. The van der Waals surface area contributed by atoms with E-state index in [-0.39, 0.29) is 47.8 Å². The molecule has 10 nitrogen and oxygen atoms in total. The molecule has 5 aliphatic rings. The fraction of sp³-hybridized carbons (Fsp3) is 0.618. The number of carbonyl (C=O) groups is 3. The molecule has 0 radical (unpaired) electrons. The van der Waals surface area contributed by atoms with Gasteiger partial charge in [-0.25, -0.2) is 0 Å². The number of benzene rings is 1. The Labute approximate surface area is 257 Å². The summed E-state index contributed by atoms with van der Waals surface area (Å²) in [6.45, 7) is 5.65. The monoisotopic (exact) mass is 607 g/mol. The van der Waals surface area contributed by atoms with Crippen LogP contribution >= 0.6 is 0 Å². The summed E-state index contributed by atoms with van der Waals surface area (Å²) in [5.41, 5.74) is -1.17. The molecule has 1 unspecified atom stereocenters. The number of allylic oxidation sites excluding steroid dienone is 4. The van der Waals surface area contributed by atoms with Crippen LogP contribution in [0.3, 0.4) is 0 Å². The first kappa shape index (κ1) is 30.8. The van der Waals surface area contributed by atoms with E-state index < -0.39 is 52.4 Å². The molecule has 6 rings (SSSR count). The van der Waals surface area contributed by atoms with Crippen LogP contribution < -0.4 is 0 Å². The van der Waals surface area contributed by atoms with E-state index in [1.807, 2.05) is 19.9 Å². The van der Waals surface area contributed by atoms with Crippen LogP contribution in [0.5, 0.6) is 0 Å². The molecule has 236 valence electrons. The summed E-state index contributed by atoms with van der Waals surface area (Å²) in [7, 11) is 0. The van der Waals surface area contributed by atoms with Crippen LogP contribution in [0.15, 0.2) is 48.1 Å². The predicted molar refractivity (Wildman–Crippen MR) is 158 cm³/mol. The summed E-state index contributed by atoms with van der Waals surface area (Å²) in [6, 6.07) is 6.24. The average molecular weight is 608 g/mol. The van der Waals surface area contributed by atoms with E-state index in [0.717, 1.165) is 24.8 Å². The molecule has 1 saturated heterocycles. The third-order valence-electron chi connectivity index (χ3n) is 11.4. The molecule has 1 heterocycles. The van der Waals surface area contributed by atoms with Gasteiger partial charge >= 0.3 is 5.97 Å². The molecule has 10 heteroatoms. The van der Waals surface area contributed by atoms with E-state index in [4.69, 9.17) is 14.2 Å². The first-order valence-corrected chi connectivity index (χ1v) is 15.8. The number of fused-ring (bicyclic) bond motifs is 7. The summed E-state index contributed by atoms with van der Waals surface area (Å²) >= 11 is 0. The van der Waals surface area contributed by atoms with E-state index in [2.05, 4.69) is 6.92 Å². The number of hydrogen-bond donors (Lipinski definition) is 1. The minimum atomic E-state index is -1.38. The molecule has 4 fully saturated rings. The van der Waals surface area contributed by atoms with Gasteiger partial charge in [0.15, 0.2) is 24.3 Å². The van der Waals surface area contributed by atoms with Crippen LogP contribution in [0.25, 0.3) is 0 Å². The van der Waals surface area contributed by atoms with E-state index in [1.165, 1.54) is 6.07 Å². The number of nitro benzene ring substituents is 1. The third kappa shape index (κ3) is 4.68. The van der Waals surface area contributed by atoms with Crippen molar-refractivity contribution < 1.29 is 38.6 Å². The molecule has 1 N–H and O–H groups in total. The highest BCUT2D eigenvalue weighted by atomic mass is 16.7. The molecule has 1 aliphatic heterocycles. The number of hydrogen-bond acceptors (Lipinski definition) is 9. The first-order valence-electron chi connectivity index (χ1n) is 15.8. The van der Waals surface area contributed by atoms with Crippen molar-refractivity contribution in [1.29, 1.82) is 0 Å². The van der Waals surface area contributed by atoms with Crippen LogP contribution in [-0.2, 0) is 35.0 Å². The molecule has 0 bridgehead atoms. The number of ketones is 2. The summed E-state index contributed by atoms with van der Waals surface area (Å²) in [4.78, 5) is 50.1. The van der Waals surface area contributed by atoms with Gasteiger partial charge in [-0.05, 0) is 62.5 Å². The molecular formula is C34H41NO9.